The molecule has 1 aliphatic heterocycles. The highest BCUT2D eigenvalue weighted by molar-refractivity contribution is 7.88. The number of nitrogens with one attached hydrogen (secondary N) is 2. The predicted octanol–water partition coefficient (Wildman–Crippen LogP) is 0.00220. The SMILES string of the molecule is CCNC(=NCC(=O)NC(C)(C)C)N1CCN(S(=O)(=O)Cc2ccon2)CC1. The zero-order chi connectivity index (χ0) is 20.8. The van der Waals surface area contributed by atoms with Gasteiger partial charge in [-0.2, -0.15) is 4.31 Å². The molecule has 1 aromatic rings. The molecule has 2 heterocycles. The van der Waals surface area contributed by atoms with E-state index in [1.165, 1.54) is 10.6 Å². The first-order valence-corrected chi connectivity index (χ1v) is 10.9. The van der Waals surface area contributed by atoms with E-state index in [0.717, 1.165) is 0 Å². The van der Waals surface area contributed by atoms with Gasteiger partial charge >= 0.3 is 0 Å². The van der Waals surface area contributed by atoms with Crippen molar-refractivity contribution in [3.05, 3.63) is 18.0 Å². The monoisotopic (exact) mass is 414 g/mol. The average molecular weight is 415 g/mol. The molecule has 1 fully saturated rings. The van der Waals surface area contributed by atoms with E-state index in [9.17, 15) is 13.2 Å². The molecular weight excluding hydrogens is 384 g/mol. The molecule has 10 nitrogen and oxygen atoms in total. The Morgan fingerprint density at radius 3 is 2.50 bits per heavy atom. The summed E-state index contributed by atoms with van der Waals surface area (Å²) in [6.45, 7) is 10.0. The Labute approximate surface area is 166 Å². The molecule has 1 aliphatic rings. The Morgan fingerprint density at radius 1 is 1.29 bits per heavy atom. The van der Waals surface area contributed by atoms with Crippen molar-refractivity contribution in [2.45, 2.75) is 39.0 Å². The number of aromatic nitrogens is 1. The first-order valence-electron chi connectivity index (χ1n) is 9.32. The second-order valence-electron chi connectivity index (χ2n) is 7.60. The van der Waals surface area contributed by atoms with Crippen LogP contribution in [-0.2, 0) is 20.6 Å². The summed E-state index contributed by atoms with van der Waals surface area (Å²) in [6, 6.07) is 1.55. The summed E-state index contributed by atoms with van der Waals surface area (Å²) in [5, 5.41) is 9.71. The van der Waals surface area contributed by atoms with Crippen molar-refractivity contribution < 1.29 is 17.7 Å². The van der Waals surface area contributed by atoms with Crippen LogP contribution in [0.1, 0.15) is 33.4 Å². The van der Waals surface area contributed by atoms with E-state index in [1.54, 1.807) is 6.07 Å². The molecule has 158 valence electrons. The van der Waals surface area contributed by atoms with Crippen LogP contribution in [0.25, 0.3) is 0 Å². The number of rotatable bonds is 6. The minimum atomic E-state index is -3.45. The minimum Gasteiger partial charge on any atom is -0.364 e. The Kier molecular flexibility index (Phi) is 7.41. The number of carbonyl (C=O) groups is 1. The maximum Gasteiger partial charge on any atom is 0.242 e. The summed E-state index contributed by atoms with van der Waals surface area (Å²) in [5.41, 5.74) is 0.0802. The lowest BCUT2D eigenvalue weighted by molar-refractivity contribution is -0.121. The largest absolute Gasteiger partial charge is 0.364 e. The Balaban J connectivity index is 1.94. The van der Waals surface area contributed by atoms with Gasteiger partial charge in [-0.15, -0.1) is 0 Å². The van der Waals surface area contributed by atoms with Gasteiger partial charge in [0, 0.05) is 44.3 Å². The molecule has 0 unspecified atom stereocenters. The van der Waals surface area contributed by atoms with E-state index in [2.05, 4.69) is 20.8 Å². The van der Waals surface area contributed by atoms with Crippen LogP contribution in [0.4, 0.5) is 0 Å². The van der Waals surface area contributed by atoms with Gasteiger partial charge in [-0.1, -0.05) is 5.16 Å². The van der Waals surface area contributed by atoms with Crippen LogP contribution < -0.4 is 10.6 Å². The van der Waals surface area contributed by atoms with Crippen LogP contribution in [0.3, 0.4) is 0 Å². The number of aliphatic imine (C=N–C) groups is 1. The number of hydrogen-bond donors (Lipinski definition) is 2. The lowest BCUT2D eigenvalue weighted by Gasteiger charge is -2.35. The highest BCUT2D eigenvalue weighted by Gasteiger charge is 2.29. The van der Waals surface area contributed by atoms with Crippen LogP contribution in [0, 0.1) is 0 Å². The van der Waals surface area contributed by atoms with Gasteiger partial charge < -0.3 is 20.1 Å². The minimum absolute atomic E-state index is 0.0181. The molecule has 28 heavy (non-hydrogen) atoms. The van der Waals surface area contributed by atoms with Gasteiger partial charge in [-0.25, -0.2) is 13.4 Å². The van der Waals surface area contributed by atoms with Crippen LogP contribution >= 0.6 is 0 Å². The fourth-order valence-corrected chi connectivity index (χ4v) is 4.22. The third kappa shape index (κ3) is 6.79. The van der Waals surface area contributed by atoms with Crippen LogP contribution in [0.5, 0.6) is 0 Å². The molecule has 11 heteroatoms. The predicted molar refractivity (Wildman–Crippen MR) is 106 cm³/mol. The molecule has 1 aromatic heterocycles. The summed E-state index contributed by atoms with van der Waals surface area (Å²) >= 11 is 0. The lowest BCUT2D eigenvalue weighted by Crippen LogP contribution is -2.54. The van der Waals surface area contributed by atoms with Crippen molar-refractivity contribution in [1.29, 1.82) is 0 Å². The average Bonchev–Trinajstić information content (AvgIpc) is 3.09. The molecule has 0 aromatic carbocycles. The maximum absolute atomic E-state index is 12.5. The zero-order valence-corrected chi connectivity index (χ0v) is 17.8. The Hall–Kier alpha value is -2.14. The quantitative estimate of drug-likeness (QED) is 0.497. The molecule has 1 saturated heterocycles. The fourth-order valence-electron chi connectivity index (χ4n) is 2.80. The number of piperazine rings is 1. The first kappa shape index (κ1) is 22.2. The lowest BCUT2D eigenvalue weighted by atomic mass is 10.1. The third-order valence-corrected chi connectivity index (χ3v) is 5.79. The van der Waals surface area contributed by atoms with E-state index in [-0.39, 0.29) is 23.7 Å². The Morgan fingerprint density at radius 2 is 1.96 bits per heavy atom. The van der Waals surface area contributed by atoms with Crippen molar-refractivity contribution in [2.75, 3.05) is 39.3 Å². The second kappa shape index (κ2) is 9.37. The van der Waals surface area contributed by atoms with Gasteiger partial charge in [0.15, 0.2) is 5.96 Å². The van der Waals surface area contributed by atoms with Gasteiger partial charge in [-0.05, 0) is 27.7 Å². The second-order valence-corrected chi connectivity index (χ2v) is 9.57. The van der Waals surface area contributed by atoms with Crippen molar-refractivity contribution in [3.8, 4) is 0 Å². The number of nitrogens with zero attached hydrogens (tertiary/aromatic N) is 4. The van der Waals surface area contributed by atoms with Crippen molar-refractivity contribution in [1.82, 2.24) is 25.0 Å². The summed E-state index contributed by atoms with van der Waals surface area (Å²) in [4.78, 5) is 18.4. The van der Waals surface area contributed by atoms with E-state index < -0.39 is 10.0 Å². The van der Waals surface area contributed by atoms with E-state index in [1.807, 2.05) is 32.6 Å². The van der Waals surface area contributed by atoms with Gasteiger partial charge in [0.05, 0.1) is 5.69 Å². The first-order chi connectivity index (χ1) is 13.1. The molecule has 0 radical (unpaired) electrons. The standard InChI is InChI=1S/C17H30N6O4S/c1-5-18-16(19-12-15(24)20-17(2,3)4)22-7-9-23(10-8-22)28(25,26)13-14-6-11-27-21-14/h6,11H,5,7-10,12-13H2,1-4H3,(H,18,19)(H,20,24). The molecule has 0 saturated carbocycles. The van der Waals surface area contributed by atoms with Crippen LogP contribution in [0.15, 0.2) is 21.8 Å². The van der Waals surface area contributed by atoms with E-state index in [0.29, 0.717) is 44.4 Å². The Bertz CT molecular complexity index is 762. The van der Waals surface area contributed by atoms with Crippen molar-refractivity contribution in [3.63, 3.8) is 0 Å². The van der Waals surface area contributed by atoms with Gasteiger partial charge in [0.2, 0.25) is 15.9 Å². The van der Waals surface area contributed by atoms with Gasteiger partial charge in [0.1, 0.15) is 18.6 Å². The highest BCUT2D eigenvalue weighted by atomic mass is 32.2. The summed E-state index contributed by atoms with van der Waals surface area (Å²) in [6.07, 6.45) is 1.36. The molecule has 0 bridgehead atoms. The number of guanidine groups is 1. The number of hydrogen-bond acceptors (Lipinski definition) is 6. The summed E-state index contributed by atoms with van der Waals surface area (Å²) < 4.78 is 31.2. The number of amides is 1. The number of sulfonamides is 1. The van der Waals surface area contributed by atoms with Gasteiger partial charge in [0.25, 0.3) is 0 Å². The highest BCUT2D eigenvalue weighted by Crippen LogP contribution is 2.13. The summed E-state index contributed by atoms with van der Waals surface area (Å²) in [5.74, 6) is 0.279. The maximum atomic E-state index is 12.5. The van der Waals surface area contributed by atoms with Crippen LogP contribution in [-0.4, -0.2) is 79.5 Å². The molecule has 1 amide bonds. The molecule has 0 aliphatic carbocycles. The number of carbonyl (C=O) groups excluding carboxylic acids is 1. The normalized spacial score (nSPS) is 16.9. The van der Waals surface area contributed by atoms with E-state index >= 15 is 0 Å². The molecule has 0 spiro atoms. The van der Waals surface area contributed by atoms with Gasteiger partial charge in [-0.3, -0.25) is 4.79 Å². The van der Waals surface area contributed by atoms with Crippen molar-refractivity contribution in [2.24, 2.45) is 4.99 Å². The molecule has 0 atom stereocenters. The fraction of sp³-hybridized carbons (Fsp3) is 0.706. The smallest absolute Gasteiger partial charge is 0.242 e. The van der Waals surface area contributed by atoms with Crippen LogP contribution in [0.2, 0.25) is 0 Å². The molecule has 2 N–H and O–H groups in total. The zero-order valence-electron chi connectivity index (χ0n) is 16.9. The molecule has 2 rings (SSSR count). The van der Waals surface area contributed by atoms with Crippen molar-refractivity contribution >= 4 is 21.9 Å². The molecular formula is C17H30N6O4S. The summed E-state index contributed by atoms with van der Waals surface area (Å²) in [7, 11) is -3.45. The third-order valence-electron chi connectivity index (χ3n) is 3.97. The topological polar surface area (TPSA) is 120 Å². The van der Waals surface area contributed by atoms with E-state index in [4.69, 9.17) is 4.52 Å².